The molecule has 10 heteroatoms. The largest absolute Gasteiger partial charge is 0.450 e. The van der Waals surface area contributed by atoms with E-state index in [0.717, 1.165) is 23.0 Å². The summed E-state index contributed by atoms with van der Waals surface area (Å²) in [4.78, 5) is 23.2. The Bertz CT molecular complexity index is 1240. The molecule has 0 radical (unpaired) electrons. The maximum Gasteiger partial charge on any atom is 0.416 e. The Morgan fingerprint density at radius 3 is 2.62 bits per heavy atom. The summed E-state index contributed by atoms with van der Waals surface area (Å²) in [5.74, 6) is 1.16. The van der Waals surface area contributed by atoms with Crippen molar-refractivity contribution in [3.63, 3.8) is 0 Å². The highest BCUT2D eigenvalue weighted by Crippen LogP contribution is 2.37. The van der Waals surface area contributed by atoms with Gasteiger partial charge in [0.15, 0.2) is 0 Å². The van der Waals surface area contributed by atoms with Crippen LogP contribution >= 0.6 is 0 Å². The molecule has 7 nitrogen and oxygen atoms in total. The van der Waals surface area contributed by atoms with E-state index < -0.39 is 23.9 Å². The highest BCUT2D eigenvalue weighted by atomic mass is 19.4. The first kappa shape index (κ1) is 23.8. The molecular formula is C24H28F3N5O2. The minimum atomic E-state index is -4.43. The fourth-order valence-electron chi connectivity index (χ4n) is 4.49. The van der Waals surface area contributed by atoms with E-state index in [1.807, 2.05) is 4.40 Å². The third-order valence-electron chi connectivity index (χ3n) is 6.19. The minimum absolute atomic E-state index is 0.170. The zero-order valence-corrected chi connectivity index (χ0v) is 19.8. The summed E-state index contributed by atoms with van der Waals surface area (Å²) in [5, 5.41) is 3.29. The second kappa shape index (κ2) is 8.81. The van der Waals surface area contributed by atoms with Gasteiger partial charge in [-0.15, -0.1) is 0 Å². The van der Waals surface area contributed by atoms with Crippen molar-refractivity contribution in [2.75, 3.05) is 11.9 Å². The number of carbonyl (C=O) groups excluding carboxylic acids is 1. The lowest BCUT2D eigenvalue weighted by molar-refractivity contribution is -0.138. The van der Waals surface area contributed by atoms with Gasteiger partial charge in [0.2, 0.25) is 5.78 Å². The van der Waals surface area contributed by atoms with Crippen LogP contribution in [0.2, 0.25) is 0 Å². The normalized spacial score (nSPS) is 14.6. The summed E-state index contributed by atoms with van der Waals surface area (Å²) in [6.07, 6.45) is -3.09. The van der Waals surface area contributed by atoms with Gasteiger partial charge in [-0.05, 0) is 43.9 Å². The summed E-state index contributed by atoms with van der Waals surface area (Å²) >= 11 is 0. The number of nitrogens with zero attached hydrogens (tertiary/aromatic N) is 4. The fraction of sp³-hybridized carbons (Fsp3) is 0.458. The minimum Gasteiger partial charge on any atom is -0.450 e. The van der Waals surface area contributed by atoms with Gasteiger partial charge in [0.05, 0.1) is 43.2 Å². The van der Waals surface area contributed by atoms with E-state index in [2.05, 4.69) is 24.1 Å². The molecule has 0 fully saturated rings. The monoisotopic (exact) mass is 475 g/mol. The molecule has 1 amide bonds. The van der Waals surface area contributed by atoms with Crippen molar-refractivity contribution in [2.45, 2.75) is 65.8 Å². The van der Waals surface area contributed by atoms with E-state index in [0.29, 0.717) is 23.7 Å². The van der Waals surface area contributed by atoms with E-state index >= 15 is 0 Å². The van der Waals surface area contributed by atoms with Crippen molar-refractivity contribution in [1.82, 2.24) is 19.3 Å². The van der Waals surface area contributed by atoms with Crippen LogP contribution in [0.3, 0.4) is 0 Å². The quantitative estimate of drug-likeness (QED) is 0.503. The highest BCUT2D eigenvalue weighted by molar-refractivity contribution is 5.70. The molecule has 4 rings (SSSR count). The highest BCUT2D eigenvalue weighted by Gasteiger charge is 2.34. The Kier molecular flexibility index (Phi) is 6.18. The number of carbonyl (C=O) groups is 1. The Hall–Kier alpha value is -3.30. The summed E-state index contributed by atoms with van der Waals surface area (Å²) in [5.41, 5.74) is 2.68. The second-order valence-electron chi connectivity index (χ2n) is 8.80. The van der Waals surface area contributed by atoms with Crippen LogP contribution in [0.5, 0.6) is 0 Å². The number of nitrogens with one attached hydrogen (secondary N) is 1. The first-order chi connectivity index (χ1) is 16.0. The molecule has 0 saturated heterocycles. The van der Waals surface area contributed by atoms with Crippen LogP contribution in [-0.4, -0.2) is 32.0 Å². The smallest absolute Gasteiger partial charge is 0.416 e. The maximum absolute atomic E-state index is 13.4. The average Bonchev–Trinajstić information content (AvgIpc) is 3.37. The molecule has 1 aromatic carbocycles. The summed E-state index contributed by atoms with van der Waals surface area (Å²) < 4.78 is 47.4. The van der Waals surface area contributed by atoms with Crippen LogP contribution in [-0.2, 0) is 24.0 Å². The van der Waals surface area contributed by atoms with Crippen LogP contribution < -0.4 is 5.32 Å². The zero-order chi connectivity index (χ0) is 24.8. The molecule has 3 heterocycles. The van der Waals surface area contributed by atoms with E-state index in [1.165, 1.54) is 13.0 Å². The first-order valence-corrected chi connectivity index (χ1v) is 11.3. The molecule has 2 aromatic heterocycles. The standard InChI is InChI=1S/C24H28F3N5O2/c1-6-34-23(33)31-11-17-20(12-31)32-19(13(2)3)10-28-22(32)30-21(17)29-15(5)16-8-7-9-18(14(16)4)24(25,26)27/h7-10,13,15H,6,11-12H2,1-5H3,(H,28,29,30)/t15-/m1/s1. The van der Waals surface area contributed by atoms with Gasteiger partial charge >= 0.3 is 12.3 Å². The lowest BCUT2D eigenvalue weighted by Gasteiger charge is -2.22. The number of alkyl halides is 3. The van der Waals surface area contributed by atoms with Crippen LogP contribution in [0.1, 0.15) is 73.3 Å². The number of aromatic nitrogens is 3. The van der Waals surface area contributed by atoms with E-state index in [-0.39, 0.29) is 24.6 Å². The molecule has 0 aliphatic carbocycles. The number of fused-ring (bicyclic) bond motifs is 3. The number of hydrogen-bond donors (Lipinski definition) is 1. The zero-order valence-electron chi connectivity index (χ0n) is 19.8. The molecule has 0 unspecified atom stereocenters. The number of halogens is 3. The van der Waals surface area contributed by atoms with Crippen molar-refractivity contribution >= 4 is 17.7 Å². The summed E-state index contributed by atoms with van der Waals surface area (Å²) in [6, 6.07) is 3.72. The molecule has 3 aromatic rings. The van der Waals surface area contributed by atoms with E-state index in [4.69, 9.17) is 9.72 Å². The van der Waals surface area contributed by atoms with E-state index in [1.54, 1.807) is 31.0 Å². The van der Waals surface area contributed by atoms with Crippen molar-refractivity contribution in [2.24, 2.45) is 0 Å². The number of benzene rings is 1. The third-order valence-corrected chi connectivity index (χ3v) is 6.19. The van der Waals surface area contributed by atoms with Crippen LogP contribution in [0.25, 0.3) is 5.78 Å². The average molecular weight is 476 g/mol. The molecule has 34 heavy (non-hydrogen) atoms. The predicted molar refractivity (Wildman–Crippen MR) is 122 cm³/mol. The fourth-order valence-corrected chi connectivity index (χ4v) is 4.49. The van der Waals surface area contributed by atoms with Crippen LogP contribution in [0.4, 0.5) is 23.8 Å². The molecule has 0 bridgehead atoms. The van der Waals surface area contributed by atoms with Gasteiger partial charge < -0.3 is 10.1 Å². The third kappa shape index (κ3) is 4.17. The Morgan fingerprint density at radius 2 is 1.97 bits per heavy atom. The number of anilines is 1. The SMILES string of the molecule is CCOC(=O)N1Cc2c(N[C@H](C)c3cccc(C(F)(F)F)c3C)nc3ncc(C(C)C)n3c2C1. The van der Waals surface area contributed by atoms with Gasteiger partial charge in [-0.2, -0.15) is 18.2 Å². The molecule has 0 saturated carbocycles. The number of amides is 1. The predicted octanol–water partition coefficient (Wildman–Crippen LogP) is 5.83. The Labute approximate surface area is 196 Å². The van der Waals surface area contributed by atoms with Gasteiger partial charge in [0.25, 0.3) is 0 Å². The lowest BCUT2D eigenvalue weighted by Crippen LogP contribution is -2.26. The molecule has 1 atom stereocenters. The lowest BCUT2D eigenvalue weighted by atomic mass is 9.97. The van der Waals surface area contributed by atoms with Crippen LogP contribution in [0.15, 0.2) is 24.4 Å². The molecule has 1 aliphatic rings. The molecular weight excluding hydrogens is 447 g/mol. The van der Waals surface area contributed by atoms with Crippen LogP contribution in [0, 0.1) is 6.92 Å². The second-order valence-corrected chi connectivity index (χ2v) is 8.80. The van der Waals surface area contributed by atoms with Gasteiger partial charge in [-0.25, -0.2) is 9.78 Å². The topological polar surface area (TPSA) is 71.8 Å². The maximum atomic E-state index is 13.4. The van der Waals surface area contributed by atoms with Gasteiger partial charge in [0.1, 0.15) is 5.82 Å². The molecule has 1 aliphatic heterocycles. The summed E-state index contributed by atoms with van der Waals surface area (Å²) in [7, 11) is 0. The summed E-state index contributed by atoms with van der Waals surface area (Å²) in [6.45, 7) is 10.0. The number of rotatable bonds is 5. The van der Waals surface area contributed by atoms with E-state index in [9.17, 15) is 18.0 Å². The van der Waals surface area contributed by atoms with Gasteiger partial charge in [0, 0.05) is 11.3 Å². The van der Waals surface area contributed by atoms with Crippen molar-refractivity contribution < 1.29 is 22.7 Å². The molecule has 1 N–H and O–H groups in total. The number of imidazole rings is 1. The van der Waals surface area contributed by atoms with Gasteiger partial charge in [-0.3, -0.25) is 9.30 Å². The first-order valence-electron chi connectivity index (χ1n) is 11.3. The number of ether oxygens (including phenoxy) is 1. The van der Waals surface area contributed by atoms with Crippen molar-refractivity contribution in [3.8, 4) is 0 Å². The van der Waals surface area contributed by atoms with Crippen molar-refractivity contribution in [1.29, 1.82) is 0 Å². The Balaban J connectivity index is 1.76. The molecule has 0 spiro atoms. The molecule has 182 valence electrons. The van der Waals surface area contributed by atoms with Crippen molar-refractivity contribution in [3.05, 3.63) is 58.0 Å². The Morgan fingerprint density at radius 1 is 1.24 bits per heavy atom. The number of hydrogen-bond acceptors (Lipinski definition) is 5. The van der Waals surface area contributed by atoms with Gasteiger partial charge in [-0.1, -0.05) is 26.0 Å².